The van der Waals surface area contributed by atoms with Gasteiger partial charge in [0.15, 0.2) is 0 Å². The zero-order chi connectivity index (χ0) is 14.8. The average molecular weight is 275 g/mol. The first-order valence-electron chi connectivity index (χ1n) is 6.83. The third-order valence-corrected chi connectivity index (χ3v) is 3.84. The van der Waals surface area contributed by atoms with E-state index in [9.17, 15) is 9.90 Å². The van der Waals surface area contributed by atoms with E-state index in [1.807, 2.05) is 37.3 Å². The molecule has 1 aromatic carbocycles. The molecule has 4 heteroatoms. The Morgan fingerprint density at radius 2 is 2.10 bits per heavy atom. The summed E-state index contributed by atoms with van der Waals surface area (Å²) in [6.45, 7) is 5.54. The van der Waals surface area contributed by atoms with Gasteiger partial charge in [-0.25, -0.2) is 0 Å². The Balaban J connectivity index is 2.30. The van der Waals surface area contributed by atoms with Crippen LogP contribution in [0.4, 0.5) is 0 Å². The van der Waals surface area contributed by atoms with Crippen molar-refractivity contribution in [3.05, 3.63) is 48.6 Å². The normalized spacial score (nSPS) is 30.4. The molecule has 0 spiro atoms. The Morgan fingerprint density at radius 1 is 1.45 bits per heavy atom. The number of benzene rings is 1. The van der Waals surface area contributed by atoms with Gasteiger partial charge in [-0.15, -0.1) is 6.58 Å². The Bertz CT molecular complexity index is 488. The van der Waals surface area contributed by atoms with Crippen LogP contribution >= 0.6 is 0 Å². The van der Waals surface area contributed by atoms with Crippen LogP contribution in [0.2, 0.25) is 0 Å². The first kappa shape index (κ1) is 14.8. The van der Waals surface area contributed by atoms with Crippen LogP contribution in [0.3, 0.4) is 0 Å². The fourth-order valence-corrected chi connectivity index (χ4v) is 2.48. The topological polar surface area (TPSA) is 49.8 Å². The Morgan fingerprint density at radius 3 is 2.70 bits per heavy atom. The van der Waals surface area contributed by atoms with E-state index in [-0.39, 0.29) is 24.5 Å². The highest BCUT2D eigenvalue weighted by Gasteiger charge is 2.49. The number of nitrogens with zero attached hydrogens (tertiary/aromatic N) is 1. The number of amides is 1. The predicted octanol–water partition coefficient (Wildman–Crippen LogP) is 2.26. The van der Waals surface area contributed by atoms with Crippen molar-refractivity contribution < 1.29 is 14.6 Å². The molecule has 4 nitrogen and oxygen atoms in total. The lowest BCUT2D eigenvalue weighted by Crippen LogP contribution is -2.59. The van der Waals surface area contributed by atoms with Gasteiger partial charge in [-0.1, -0.05) is 36.4 Å². The summed E-state index contributed by atoms with van der Waals surface area (Å²) in [4.78, 5) is 13.8. The summed E-state index contributed by atoms with van der Waals surface area (Å²) in [7, 11) is 1.70. The van der Waals surface area contributed by atoms with E-state index in [0.29, 0.717) is 6.42 Å². The summed E-state index contributed by atoms with van der Waals surface area (Å²) in [6, 6.07) is 9.52. The molecule has 0 aromatic heterocycles. The molecule has 3 atom stereocenters. The van der Waals surface area contributed by atoms with E-state index in [2.05, 4.69) is 6.58 Å². The van der Waals surface area contributed by atoms with E-state index >= 15 is 0 Å². The molecule has 1 heterocycles. The number of morpholine rings is 1. The monoisotopic (exact) mass is 275 g/mol. The molecule has 1 aliphatic rings. The number of rotatable bonds is 4. The summed E-state index contributed by atoms with van der Waals surface area (Å²) < 4.78 is 5.77. The number of hydrogen-bond donors (Lipinski definition) is 1. The summed E-state index contributed by atoms with van der Waals surface area (Å²) >= 11 is 0. The summed E-state index contributed by atoms with van der Waals surface area (Å²) in [5.74, 6) is -2.16. The molecule has 1 aromatic rings. The van der Waals surface area contributed by atoms with E-state index < -0.39 is 5.79 Å². The number of carbonyl (C=O) groups is 1. The van der Waals surface area contributed by atoms with Crippen LogP contribution in [0.15, 0.2) is 43.0 Å². The van der Waals surface area contributed by atoms with Crippen molar-refractivity contribution in [3.8, 4) is 0 Å². The SMILES string of the molecule is C=CCCC1(O)O[C@H](c2ccccc2)[C@H](C)N(C)C1=O. The lowest BCUT2D eigenvalue weighted by molar-refractivity contribution is -0.265. The third-order valence-electron chi connectivity index (χ3n) is 3.84. The maximum absolute atomic E-state index is 12.3. The number of allylic oxidation sites excluding steroid dienone is 1. The van der Waals surface area contributed by atoms with Crippen molar-refractivity contribution in [2.45, 2.75) is 37.7 Å². The molecule has 108 valence electrons. The number of aliphatic hydroxyl groups is 1. The minimum Gasteiger partial charge on any atom is -0.358 e. The molecule has 2 rings (SSSR count). The van der Waals surface area contributed by atoms with Gasteiger partial charge in [0, 0.05) is 13.5 Å². The number of hydrogen-bond acceptors (Lipinski definition) is 3. The van der Waals surface area contributed by atoms with E-state index in [1.165, 1.54) is 0 Å². The zero-order valence-electron chi connectivity index (χ0n) is 12.0. The predicted molar refractivity (Wildman–Crippen MR) is 76.9 cm³/mol. The second-order valence-corrected chi connectivity index (χ2v) is 5.22. The molecule has 1 aliphatic heterocycles. The second-order valence-electron chi connectivity index (χ2n) is 5.22. The van der Waals surface area contributed by atoms with Crippen LogP contribution in [0.25, 0.3) is 0 Å². The molecular formula is C16H21NO3. The van der Waals surface area contributed by atoms with Crippen molar-refractivity contribution >= 4 is 5.91 Å². The summed E-state index contributed by atoms with van der Waals surface area (Å²) in [5.41, 5.74) is 0.955. The van der Waals surface area contributed by atoms with Gasteiger partial charge in [-0.05, 0) is 18.9 Å². The molecule has 20 heavy (non-hydrogen) atoms. The average Bonchev–Trinajstić information content (AvgIpc) is 2.48. The van der Waals surface area contributed by atoms with E-state index in [4.69, 9.17) is 4.74 Å². The lowest BCUT2D eigenvalue weighted by atomic mass is 9.96. The maximum Gasteiger partial charge on any atom is 0.282 e. The zero-order valence-corrected chi connectivity index (χ0v) is 12.0. The molecule has 0 bridgehead atoms. The fourth-order valence-electron chi connectivity index (χ4n) is 2.48. The van der Waals surface area contributed by atoms with Crippen LogP contribution < -0.4 is 0 Å². The quantitative estimate of drug-likeness (QED) is 0.858. The van der Waals surface area contributed by atoms with Gasteiger partial charge in [-0.2, -0.15) is 0 Å². The van der Waals surface area contributed by atoms with Crippen molar-refractivity contribution in [2.24, 2.45) is 0 Å². The van der Waals surface area contributed by atoms with E-state index in [1.54, 1.807) is 18.0 Å². The van der Waals surface area contributed by atoms with Crippen LogP contribution in [0.5, 0.6) is 0 Å². The van der Waals surface area contributed by atoms with Gasteiger partial charge in [0.2, 0.25) is 5.79 Å². The standard InChI is InChI=1S/C16H21NO3/c1-4-5-11-16(19)15(18)17(3)12(2)14(20-16)13-9-7-6-8-10-13/h4,6-10,12,14,19H,1,5,11H2,2-3H3/t12-,14-,16?/m0/s1. The summed E-state index contributed by atoms with van der Waals surface area (Å²) in [6.07, 6.45) is 2.07. The smallest absolute Gasteiger partial charge is 0.282 e. The maximum atomic E-state index is 12.3. The molecule has 0 saturated carbocycles. The highest BCUT2D eigenvalue weighted by atomic mass is 16.6. The molecule has 1 fully saturated rings. The van der Waals surface area contributed by atoms with Crippen LogP contribution in [0.1, 0.15) is 31.4 Å². The molecule has 1 unspecified atom stereocenters. The largest absolute Gasteiger partial charge is 0.358 e. The highest BCUT2D eigenvalue weighted by molar-refractivity contribution is 5.84. The Hall–Kier alpha value is -1.65. The lowest BCUT2D eigenvalue weighted by Gasteiger charge is -2.45. The minimum atomic E-state index is -1.77. The van der Waals surface area contributed by atoms with Gasteiger partial charge >= 0.3 is 0 Å². The van der Waals surface area contributed by atoms with Gasteiger partial charge in [0.25, 0.3) is 5.91 Å². The molecule has 1 saturated heterocycles. The van der Waals surface area contributed by atoms with Crippen LogP contribution in [-0.4, -0.2) is 34.8 Å². The van der Waals surface area contributed by atoms with Gasteiger partial charge < -0.3 is 14.7 Å². The third kappa shape index (κ3) is 2.62. The second kappa shape index (κ2) is 5.77. The number of likely N-dealkylation sites (N-methyl/N-ethyl adjacent to an activating group) is 1. The Kier molecular flexibility index (Phi) is 4.26. The molecule has 0 radical (unpaired) electrons. The fraction of sp³-hybridized carbons (Fsp3) is 0.438. The van der Waals surface area contributed by atoms with Crippen molar-refractivity contribution in [3.63, 3.8) is 0 Å². The van der Waals surface area contributed by atoms with Gasteiger partial charge in [0.05, 0.1) is 6.04 Å². The first-order chi connectivity index (χ1) is 9.49. The van der Waals surface area contributed by atoms with Gasteiger partial charge in [-0.3, -0.25) is 4.79 Å². The van der Waals surface area contributed by atoms with Crippen molar-refractivity contribution in [1.29, 1.82) is 0 Å². The summed E-state index contributed by atoms with van der Waals surface area (Å²) in [5, 5.41) is 10.5. The first-order valence-corrected chi connectivity index (χ1v) is 6.83. The molecular weight excluding hydrogens is 254 g/mol. The minimum absolute atomic E-state index is 0.131. The van der Waals surface area contributed by atoms with Crippen LogP contribution in [0, 0.1) is 0 Å². The highest BCUT2D eigenvalue weighted by Crippen LogP contribution is 2.36. The molecule has 1 N–H and O–H groups in total. The number of carbonyl (C=O) groups excluding carboxylic acids is 1. The van der Waals surface area contributed by atoms with Gasteiger partial charge in [0.1, 0.15) is 6.10 Å². The number of ether oxygens (including phenoxy) is 1. The molecule has 0 aliphatic carbocycles. The van der Waals surface area contributed by atoms with Crippen LogP contribution in [-0.2, 0) is 9.53 Å². The van der Waals surface area contributed by atoms with Crippen molar-refractivity contribution in [1.82, 2.24) is 4.90 Å². The van der Waals surface area contributed by atoms with E-state index in [0.717, 1.165) is 5.56 Å². The van der Waals surface area contributed by atoms with Crippen molar-refractivity contribution in [2.75, 3.05) is 7.05 Å². The molecule has 1 amide bonds. The Labute approximate surface area is 119 Å².